The fourth-order valence-electron chi connectivity index (χ4n) is 2.45. The highest BCUT2D eigenvalue weighted by molar-refractivity contribution is 5.89. The summed E-state index contributed by atoms with van der Waals surface area (Å²) in [6.45, 7) is 0. The molecule has 2 aromatic carbocycles. The average Bonchev–Trinajstić information content (AvgIpc) is 2.68. The first-order valence-corrected chi connectivity index (χ1v) is 7.85. The second-order valence-electron chi connectivity index (χ2n) is 5.50. The third-order valence-corrected chi connectivity index (χ3v) is 3.79. The van der Waals surface area contributed by atoms with Crippen molar-refractivity contribution in [2.24, 2.45) is 0 Å². The van der Waals surface area contributed by atoms with Crippen LogP contribution in [0.4, 0.5) is 21.6 Å². The molecule has 8 heteroatoms. The Morgan fingerprint density at radius 1 is 1.11 bits per heavy atom. The molecule has 0 aliphatic rings. The second-order valence-corrected chi connectivity index (χ2v) is 5.50. The van der Waals surface area contributed by atoms with Crippen LogP contribution in [0, 0.1) is 15.9 Å². The van der Waals surface area contributed by atoms with Gasteiger partial charge in [0.2, 0.25) is 5.82 Å². The molecule has 1 heterocycles. The van der Waals surface area contributed by atoms with Crippen LogP contribution in [0.2, 0.25) is 0 Å². The van der Waals surface area contributed by atoms with Gasteiger partial charge >= 0.3 is 11.7 Å². The minimum absolute atomic E-state index is 0.0356. The maximum absolute atomic E-state index is 14.0. The lowest BCUT2D eigenvalue weighted by atomic mass is 10.1. The van der Waals surface area contributed by atoms with Crippen LogP contribution in [-0.4, -0.2) is 23.0 Å². The van der Waals surface area contributed by atoms with E-state index in [0.717, 1.165) is 0 Å². The predicted molar refractivity (Wildman–Crippen MR) is 97.3 cm³/mol. The summed E-state index contributed by atoms with van der Waals surface area (Å²) >= 11 is 0. The summed E-state index contributed by atoms with van der Waals surface area (Å²) in [6, 6.07) is 14.8. The van der Waals surface area contributed by atoms with Gasteiger partial charge in [-0.15, -0.1) is 0 Å². The molecule has 1 aromatic heterocycles. The molecule has 0 saturated heterocycles. The summed E-state index contributed by atoms with van der Waals surface area (Å²) in [5.74, 6) is -1.01. The Balaban J connectivity index is 1.98. The predicted octanol–water partition coefficient (Wildman–Crippen LogP) is 4.33. The van der Waals surface area contributed by atoms with E-state index in [-0.39, 0.29) is 22.8 Å². The Bertz CT molecular complexity index is 1010. The first kappa shape index (κ1) is 18.0. The van der Waals surface area contributed by atoms with Crippen molar-refractivity contribution in [2.75, 3.05) is 12.4 Å². The number of esters is 1. The molecular formula is C19H14FN3O4. The smallest absolute Gasteiger partial charge is 0.337 e. The minimum Gasteiger partial charge on any atom is -0.465 e. The number of rotatable bonds is 5. The summed E-state index contributed by atoms with van der Waals surface area (Å²) in [4.78, 5) is 26.4. The fraction of sp³-hybridized carbons (Fsp3) is 0.0526. The van der Waals surface area contributed by atoms with Crippen molar-refractivity contribution in [2.45, 2.75) is 0 Å². The van der Waals surface area contributed by atoms with Gasteiger partial charge in [-0.05, 0) is 42.5 Å². The zero-order chi connectivity index (χ0) is 19.4. The number of hydrogen-bond acceptors (Lipinski definition) is 6. The summed E-state index contributed by atoms with van der Waals surface area (Å²) in [7, 11) is 1.27. The molecule has 0 spiro atoms. The van der Waals surface area contributed by atoms with Crippen LogP contribution in [-0.2, 0) is 4.74 Å². The number of carbonyl (C=O) groups is 1. The molecule has 0 bridgehead atoms. The van der Waals surface area contributed by atoms with Crippen LogP contribution in [0.1, 0.15) is 10.4 Å². The number of aromatic nitrogens is 1. The van der Waals surface area contributed by atoms with E-state index >= 15 is 0 Å². The van der Waals surface area contributed by atoms with Crippen LogP contribution in [0.3, 0.4) is 0 Å². The quantitative estimate of drug-likeness (QED) is 0.410. The van der Waals surface area contributed by atoms with Crippen molar-refractivity contribution in [3.63, 3.8) is 0 Å². The van der Waals surface area contributed by atoms with Gasteiger partial charge in [-0.1, -0.05) is 12.1 Å². The van der Waals surface area contributed by atoms with Gasteiger partial charge in [0, 0.05) is 17.3 Å². The number of nitrogens with one attached hydrogen (secondary N) is 1. The number of anilines is 2. The first-order valence-electron chi connectivity index (χ1n) is 7.85. The van der Waals surface area contributed by atoms with Gasteiger partial charge in [-0.2, -0.15) is 0 Å². The number of nitrogens with zero attached hydrogens (tertiary/aromatic N) is 2. The molecule has 3 rings (SSSR count). The monoisotopic (exact) mass is 367 g/mol. The Hall–Kier alpha value is -3.81. The summed E-state index contributed by atoms with van der Waals surface area (Å²) in [5, 5.41) is 14.1. The average molecular weight is 367 g/mol. The number of pyridine rings is 1. The minimum atomic E-state index is -0.580. The van der Waals surface area contributed by atoms with E-state index in [1.807, 2.05) is 0 Å². The summed E-state index contributed by atoms with van der Waals surface area (Å²) in [6.07, 6.45) is 0. The Morgan fingerprint density at radius 3 is 2.44 bits per heavy atom. The highest BCUT2D eigenvalue weighted by Gasteiger charge is 2.18. The van der Waals surface area contributed by atoms with Crippen molar-refractivity contribution >= 4 is 23.2 Å². The molecular weight excluding hydrogens is 353 g/mol. The van der Waals surface area contributed by atoms with Crippen molar-refractivity contribution in [3.05, 3.63) is 82.2 Å². The van der Waals surface area contributed by atoms with Gasteiger partial charge in [0.05, 0.1) is 23.3 Å². The van der Waals surface area contributed by atoms with Crippen LogP contribution in [0.25, 0.3) is 11.3 Å². The second kappa shape index (κ2) is 7.61. The van der Waals surface area contributed by atoms with Gasteiger partial charge in [-0.25, -0.2) is 14.2 Å². The molecule has 136 valence electrons. The molecule has 0 amide bonds. The lowest BCUT2D eigenvalue weighted by Gasteiger charge is -2.09. The summed E-state index contributed by atoms with van der Waals surface area (Å²) in [5.41, 5.74) is 1.05. The number of nitro groups is 1. The van der Waals surface area contributed by atoms with E-state index in [9.17, 15) is 19.3 Å². The Morgan fingerprint density at radius 2 is 1.81 bits per heavy atom. The molecule has 27 heavy (non-hydrogen) atoms. The van der Waals surface area contributed by atoms with Crippen LogP contribution < -0.4 is 5.32 Å². The number of carbonyl (C=O) groups excluding carboxylic acids is 1. The fourth-order valence-corrected chi connectivity index (χ4v) is 2.45. The SMILES string of the molecule is COC(=O)c1ccc(Nc2nc(-c3ccccc3F)ccc2[N+](=O)[O-])cc1. The van der Waals surface area contributed by atoms with E-state index < -0.39 is 16.7 Å². The van der Waals surface area contributed by atoms with Gasteiger partial charge in [0.15, 0.2) is 0 Å². The van der Waals surface area contributed by atoms with Gasteiger partial charge in [0.25, 0.3) is 0 Å². The van der Waals surface area contributed by atoms with E-state index in [0.29, 0.717) is 11.3 Å². The van der Waals surface area contributed by atoms with E-state index in [2.05, 4.69) is 15.0 Å². The van der Waals surface area contributed by atoms with Crippen LogP contribution in [0.15, 0.2) is 60.7 Å². The molecule has 0 saturated carbocycles. The molecule has 0 aliphatic heterocycles. The molecule has 7 nitrogen and oxygen atoms in total. The van der Waals surface area contributed by atoms with Crippen molar-refractivity contribution in [1.29, 1.82) is 0 Å². The molecule has 3 aromatic rings. The maximum Gasteiger partial charge on any atom is 0.337 e. The van der Waals surface area contributed by atoms with Gasteiger partial charge < -0.3 is 10.1 Å². The molecule has 0 unspecified atom stereocenters. The third kappa shape index (κ3) is 3.90. The van der Waals surface area contributed by atoms with E-state index in [4.69, 9.17) is 0 Å². The van der Waals surface area contributed by atoms with Crippen molar-refractivity contribution in [3.8, 4) is 11.3 Å². The highest BCUT2D eigenvalue weighted by atomic mass is 19.1. The Kier molecular flexibility index (Phi) is 5.07. The lowest BCUT2D eigenvalue weighted by Crippen LogP contribution is -2.03. The first-order chi connectivity index (χ1) is 13.0. The number of hydrogen-bond donors (Lipinski definition) is 1. The standard InChI is InChI=1S/C19H14FN3O4/c1-27-19(24)12-6-8-13(9-7-12)21-18-17(23(25)26)11-10-16(22-18)14-4-2-3-5-15(14)20/h2-11H,1H3,(H,21,22). The zero-order valence-electron chi connectivity index (χ0n) is 14.2. The van der Waals surface area contributed by atoms with Crippen LogP contribution in [0.5, 0.6) is 0 Å². The molecule has 0 atom stereocenters. The highest BCUT2D eigenvalue weighted by Crippen LogP contribution is 2.30. The lowest BCUT2D eigenvalue weighted by molar-refractivity contribution is -0.384. The van der Waals surface area contributed by atoms with Crippen molar-refractivity contribution < 1.29 is 18.8 Å². The molecule has 0 aliphatic carbocycles. The number of benzene rings is 2. The molecule has 1 N–H and O–H groups in total. The Labute approximate surface area is 153 Å². The topological polar surface area (TPSA) is 94.4 Å². The van der Waals surface area contributed by atoms with E-state index in [1.165, 1.54) is 37.4 Å². The number of halogens is 1. The number of methoxy groups -OCH3 is 1. The zero-order valence-corrected chi connectivity index (χ0v) is 14.2. The molecule has 0 radical (unpaired) electrons. The number of ether oxygens (including phenoxy) is 1. The normalized spacial score (nSPS) is 10.3. The molecule has 0 fully saturated rings. The summed E-state index contributed by atoms with van der Waals surface area (Å²) < 4.78 is 18.6. The van der Waals surface area contributed by atoms with Crippen molar-refractivity contribution in [1.82, 2.24) is 4.98 Å². The van der Waals surface area contributed by atoms with Gasteiger partial charge in [-0.3, -0.25) is 10.1 Å². The van der Waals surface area contributed by atoms with Crippen LogP contribution >= 0.6 is 0 Å². The van der Waals surface area contributed by atoms with Gasteiger partial charge in [0.1, 0.15) is 5.82 Å². The van der Waals surface area contributed by atoms with E-state index in [1.54, 1.807) is 30.3 Å². The maximum atomic E-state index is 14.0. The largest absolute Gasteiger partial charge is 0.465 e. The third-order valence-electron chi connectivity index (χ3n) is 3.79.